The molecular formula is C19H17FN4O. The number of amides is 1. The van der Waals surface area contributed by atoms with Gasteiger partial charge in [0.2, 0.25) is 0 Å². The van der Waals surface area contributed by atoms with Gasteiger partial charge >= 0.3 is 0 Å². The fourth-order valence-electron chi connectivity index (χ4n) is 2.38. The van der Waals surface area contributed by atoms with Crippen molar-refractivity contribution in [1.29, 1.82) is 0 Å². The van der Waals surface area contributed by atoms with Crippen LogP contribution < -0.4 is 10.6 Å². The highest BCUT2D eigenvalue weighted by atomic mass is 19.1. The zero-order chi connectivity index (χ0) is 17.6. The highest BCUT2D eigenvalue weighted by Gasteiger charge is 2.11. The van der Waals surface area contributed by atoms with Crippen molar-refractivity contribution in [3.05, 3.63) is 77.6 Å². The van der Waals surface area contributed by atoms with Gasteiger partial charge in [0.1, 0.15) is 5.82 Å². The van der Waals surface area contributed by atoms with Crippen molar-refractivity contribution in [1.82, 2.24) is 10.2 Å². The van der Waals surface area contributed by atoms with Gasteiger partial charge in [0.15, 0.2) is 11.6 Å². The standard InChI is InChI=1S/C19H17FN4O/c1-2-13-7-3-6-10-16(13)21-17-11-12-18(24-23-17)22-19(25)14-8-4-5-9-15(14)20/h3-12H,2H2,1H3,(H,21,23)(H,22,24,25). The molecule has 0 fully saturated rings. The Kier molecular flexibility index (Phi) is 4.99. The Labute approximate surface area is 144 Å². The second-order valence-electron chi connectivity index (χ2n) is 5.37. The van der Waals surface area contributed by atoms with Crippen molar-refractivity contribution in [2.24, 2.45) is 0 Å². The number of aromatic nitrogens is 2. The molecule has 6 heteroatoms. The number of halogens is 1. The maximum absolute atomic E-state index is 13.6. The predicted octanol–water partition coefficient (Wildman–Crippen LogP) is 4.17. The van der Waals surface area contributed by atoms with E-state index < -0.39 is 11.7 Å². The van der Waals surface area contributed by atoms with Gasteiger partial charge in [-0.1, -0.05) is 37.3 Å². The maximum Gasteiger partial charge on any atom is 0.259 e. The summed E-state index contributed by atoms with van der Waals surface area (Å²) in [7, 11) is 0. The quantitative estimate of drug-likeness (QED) is 0.734. The Hall–Kier alpha value is -3.28. The Balaban J connectivity index is 1.70. The van der Waals surface area contributed by atoms with E-state index in [0.717, 1.165) is 12.1 Å². The Bertz CT molecular complexity index is 881. The molecule has 2 aromatic carbocycles. The van der Waals surface area contributed by atoms with E-state index in [1.807, 2.05) is 24.3 Å². The van der Waals surface area contributed by atoms with Gasteiger partial charge in [-0.25, -0.2) is 4.39 Å². The Morgan fingerprint density at radius 2 is 1.64 bits per heavy atom. The summed E-state index contributed by atoms with van der Waals surface area (Å²) >= 11 is 0. The highest BCUT2D eigenvalue weighted by Crippen LogP contribution is 2.20. The van der Waals surface area contributed by atoms with E-state index in [1.165, 1.54) is 23.8 Å². The third kappa shape index (κ3) is 3.98. The minimum atomic E-state index is -0.581. The summed E-state index contributed by atoms with van der Waals surface area (Å²) in [5.41, 5.74) is 2.09. The average Bonchev–Trinajstić information content (AvgIpc) is 2.64. The first-order chi connectivity index (χ1) is 12.2. The molecular weight excluding hydrogens is 319 g/mol. The van der Waals surface area contributed by atoms with E-state index in [1.54, 1.807) is 18.2 Å². The normalized spacial score (nSPS) is 10.3. The van der Waals surface area contributed by atoms with Crippen LogP contribution in [0.2, 0.25) is 0 Å². The van der Waals surface area contributed by atoms with Gasteiger partial charge in [-0.2, -0.15) is 0 Å². The third-order valence-electron chi connectivity index (χ3n) is 3.69. The van der Waals surface area contributed by atoms with Crippen LogP contribution in [0.4, 0.5) is 21.7 Å². The highest BCUT2D eigenvalue weighted by molar-refractivity contribution is 6.03. The van der Waals surface area contributed by atoms with Gasteiger partial charge in [-0.15, -0.1) is 10.2 Å². The number of benzene rings is 2. The first-order valence-corrected chi connectivity index (χ1v) is 7.92. The summed E-state index contributed by atoms with van der Waals surface area (Å²) in [6.07, 6.45) is 0.896. The summed E-state index contributed by atoms with van der Waals surface area (Å²) in [4.78, 5) is 12.1. The smallest absolute Gasteiger partial charge is 0.259 e. The number of carbonyl (C=O) groups is 1. The lowest BCUT2D eigenvalue weighted by Crippen LogP contribution is -2.15. The van der Waals surface area contributed by atoms with Gasteiger partial charge in [-0.3, -0.25) is 4.79 Å². The molecule has 0 saturated heterocycles. The van der Waals surface area contributed by atoms with Gasteiger partial charge in [-0.05, 0) is 42.3 Å². The lowest BCUT2D eigenvalue weighted by atomic mass is 10.1. The number of nitrogens with zero attached hydrogens (tertiary/aromatic N) is 2. The molecule has 5 nitrogen and oxygen atoms in total. The molecule has 0 aliphatic carbocycles. The minimum Gasteiger partial charge on any atom is -0.339 e. The molecule has 0 saturated carbocycles. The van der Waals surface area contributed by atoms with E-state index in [-0.39, 0.29) is 11.4 Å². The molecule has 0 aliphatic heterocycles. The molecule has 0 aliphatic rings. The molecule has 25 heavy (non-hydrogen) atoms. The number of rotatable bonds is 5. The summed E-state index contributed by atoms with van der Waals surface area (Å²) in [5.74, 6) is -0.334. The van der Waals surface area contributed by atoms with Crippen LogP contribution in [0.1, 0.15) is 22.8 Å². The van der Waals surface area contributed by atoms with Crippen LogP contribution >= 0.6 is 0 Å². The number of anilines is 3. The summed E-state index contributed by atoms with van der Waals surface area (Å²) < 4.78 is 13.6. The van der Waals surface area contributed by atoms with Gasteiger partial charge in [0.25, 0.3) is 5.91 Å². The molecule has 0 atom stereocenters. The van der Waals surface area contributed by atoms with Gasteiger partial charge in [0.05, 0.1) is 5.56 Å². The van der Waals surface area contributed by atoms with Crippen LogP contribution in [0.25, 0.3) is 0 Å². The monoisotopic (exact) mass is 336 g/mol. The first kappa shape index (κ1) is 16.6. The van der Waals surface area contributed by atoms with Gasteiger partial charge in [0, 0.05) is 5.69 Å². The number of carbonyl (C=O) groups excluding carboxylic acids is 1. The Morgan fingerprint density at radius 3 is 2.36 bits per heavy atom. The molecule has 1 amide bonds. The molecule has 0 radical (unpaired) electrons. The van der Waals surface area contributed by atoms with Crippen molar-refractivity contribution in [2.45, 2.75) is 13.3 Å². The van der Waals surface area contributed by atoms with Crippen molar-refractivity contribution >= 4 is 23.2 Å². The van der Waals surface area contributed by atoms with Crippen LogP contribution in [0.15, 0.2) is 60.7 Å². The lowest BCUT2D eigenvalue weighted by molar-refractivity contribution is 0.102. The number of hydrogen-bond donors (Lipinski definition) is 2. The van der Waals surface area contributed by atoms with Crippen LogP contribution in [0.5, 0.6) is 0 Å². The van der Waals surface area contributed by atoms with Crippen LogP contribution in [-0.4, -0.2) is 16.1 Å². The predicted molar refractivity (Wildman–Crippen MR) is 95.5 cm³/mol. The largest absolute Gasteiger partial charge is 0.339 e. The second-order valence-corrected chi connectivity index (χ2v) is 5.37. The zero-order valence-electron chi connectivity index (χ0n) is 13.7. The maximum atomic E-state index is 13.6. The van der Waals surface area contributed by atoms with E-state index in [0.29, 0.717) is 5.82 Å². The summed E-state index contributed by atoms with van der Waals surface area (Å²) in [6, 6.07) is 17.0. The molecule has 126 valence electrons. The van der Waals surface area contributed by atoms with E-state index in [4.69, 9.17) is 0 Å². The fourth-order valence-corrected chi connectivity index (χ4v) is 2.38. The van der Waals surface area contributed by atoms with Crippen LogP contribution in [0.3, 0.4) is 0 Å². The van der Waals surface area contributed by atoms with Crippen molar-refractivity contribution < 1.29 is 9.18 Å². The summed E-state index contributed by atoms with van der Waals surface area (Å²) in [6.45, 7) is 2.08. The average molecular weight is 336 g/mol. The van der Waals surface area contributed by atoms with Crippen molar-refractivity contribution in [3.63, 3.8) is 0 Å². The number of aryl methyl sites for hydroxylation is 1. The molecule has 3 rings (SSSR count). The van der Waals surface area contributed by atoms with E-state index in [2.05, 4.69) is 27.8 Å². The van der Waals surface area contributed by atoms with Crippen LogP contribution in [0, 0.1) is 5.82 Å². The minimum absolute atomic E-state index is 0.0385. The van der Waals surface area contributed by atoms with E-state index >= 15 is 0 Å². The van der Waals surface area contributed by atoms with Crippen LogP contribution in [-0.2, 0) is 6.42 Å². The third-order valence-corrected chi connectivity index (χ3v) is 3.69. The van der Waals surface area contributed by atoms with Crippen molar-refractivity contribution in [2.75, 3.05) is 10.6 Å². The SMILES string of the molecule is CCc1ccccc1Nc1ccc(NC(=O)c2ccccc2F)nn1. The number of nitrogens with one attached hydrogen (secondary N) is 2. The van der Waals surface area contributed by atoms with Gasteiger partial charge < -0.3 is 10.6 Å². The second kappa shape index (κ2) is 7.53. The first-order valence-electron chi connectivity index (χ1n) is 7.92. The topological polar surface area (TPSA) is 66.9 Å². The molecule has 2 N–H and O–H groups in total. The fraction of sp³-hybridized carbons (Fsp3) is 0.105. The molecule has 0 spiro atoms. The molecule has 1 aromatic heterocycles. The molecule has 0 bridgehead atoms. The zero-order valence-corrected chi connectivity index (χ0v) is 13.7. The summed E-state index contributed by atoms with van der Waals surface area (Å²) in [5, 5.41) is 13.7. The number of hydrogen-bond acceptors (Lipinski definition) is 4. The Morgan fingerprint density at radius 1 is 0.960 bits per heavy atom. The number of para-hydroxylation sites is 1. The van der Waals surface area contributed by atoms with E-state index in [9.17, 15) is 9.18 Å². The van der Waals surface area contributed by atoms with Crippen molar-refractivity contribution in [3.8, 4) is 0 Å². The molecule has 3 aromatic rings. The molecule has 0 unspecified atom stereocenters. The lowest BCUT2D eigenvalue weighted by Gasteiger charge is -2.10. The molecule has 1 heterocycles.